The van der Waals surface area contributed by atoms with Crippen molar-refractivity contribution in [3.8, 4) is 0 Å². The van der Waals surface area contributed by atoms with Crippen molar-refractivity contribution in [1.29, 1.82) is 0 Å². The Labute approximate surface area is 89.9 Å². The van der Waals surface area contributed by atoms with E-state index in [1.54, 1.807) is 0 Å². The maximum Gasteiger partial charge on any atom is 0.0590 e. The molecule has 1 fully saturated rings. The number of hydrogen-bond donors (Lipinski definition) is 1. The Bertz CT molecular complexity index is 338. The first-order valence-corrected chi connectivity index (χ1v) is 5.27. The van der Waals surface area contributed by atoms with E-state index in [1.165, 1.54) is 11.3 Å². The van der Waals surface area contributed by atoms with Gasteiger partial charge in [-0.15, -0.1) is 0 Å². The molecular formula is C11H15ClN2. The summed E-state index contributed by atoms with van der Waals surface area (Å²) in [6.45, 7) is 4.32. The van der Waals surface area contributed by atoms with E-state index in [0.29, 0.717) is 6.04 Å². The fraction of sp³-hybridized carbons (Fsp3) is 0.455. The molecule has 0 aliphatic carbocycles. The molecule has 0 amide bonds. The standard InChI is InChI=1S/C11H15ClN2/c1-8-5-9(12)3-4-11(8)14-7-10(14)6-13-2/h3-5,10,13H,6-7H2,1-2H3. The maximum absolute atomic E-state index is 5.91. The van der Waals surface area contributed by atoms with Gasteiger partial charge in [0.25, 0.3) is 0 Å². The number of anilines is 1. The first kappa shape index (κ1) is 9.81. The van der Waals surface area contributed by atoms with Crippen LogP contribution in [0, 0.1) is 6.92 Å². The van der Waals surface area contributed by atoms with Gasteiger partial charge in [0, 0.05) is 23.8 Å². The molecule has 1 aromatic rings. The summed E-state index contributed by atoms with van der Waals surface area (Å²) >= 11 is 5.91. The van der Waals surface area contributed by atoms with Gasteiger partial charge in [-0.1, -0.05) is 11.6 Å². The molecule has 2 rings (SSSR count). The zero-order valence-corrected chi connectivity index (χ0v) is 9.30. The molecule has 76 valence electrons. The average Bonchev–Trinajstić information content (AvgIpc) is 2.84. The highest BCUT2D eigenvalue weighted by atomic mass is 35.5. The van der Waals surface area contributed by atoms with Crippen LogP contribution in [0.25, 0.3) is 0 Å². The van der Waals surface area contributed by atoms with Gasteiger partial charge in [-0.2, -0.15) is 0 Å². The summed E-state index contributed by atoms with van der Waals surface area (Å²) in [6.07, 6.45) is 0. The molecule has 14 heavy (non-hydrogen) atoms. The van der Waals surface area contributed by atoms with E-state index in [0.717, 1.165) is 18.1 Å². The van der Waals surface area contributed by atoms with E-state index in [1.807, 2.05) is 19.2 Å². The molecule has 1 saturated heterocycles. The van der Waals surface area contributed by atoms with Crippen molar-refractivity contribution in [2.24, 2.45) is 0 Å². The second-order valence-corrected chi connectivity index (χ2v) is 4.23. The van der Waals surface area contributed by atoms with Crippen molar-refractivity contribution in [3.63, 3.8) is 0 Å². The largest absolute Gasteiger partial charge is 0.363 e. The lowest BCUT2D eigenvalue weighted by Gasteiger charge is -2.09. The summed E-state index contributed by atoms with van der Waals surface area (Å²) in [5.41, 5.74) is 2.57. The van der Waals surface area contributed by atoms with Gasteiger partial charge < -0.3 is 10.2 Å². The van der Waals surface area contributed by atoms with Crippen LogP contribution in [-0.2, 0) is 0 Å². The summed E-state index contributed by atoms with van der Waals surface area (Å²) in [5.74, 6) is 0. The molecule has 1 aromatic carbocycles. The smallest absolute Gasteiger partial charge is 0.0590 e. The fourth-order valence-corrected chi connectivity index (χ4v) is 2.05. The summed E-state index contributed by atoms with van der Waals surface area (Å²) in [7, 11) is 1.99. The first-order valence-electron chi connectivity index (χ1n) is 4.90. The minimum atomic E-state index is 0.667. The van der Waals surface area contributed by atoms with Gasteiger partial charge in [-0.05, 0) is 37.7 Å². The Morgan fingerprint density at radius 3 is 3.00 bits per heavy atom. The Hall–Kier alpha value is -0.730. The monoisotopic (exact) mass is 210 g/mol. The third-order valence-electron chi connectivity index (χ3n) is 2.62. The zero-order chi connectivity index (χ0) is 10.1. The third kappa shape index (κ3) is 1.86. The summed E-state index contributed by atoms with van der Waals surface area (Å²) in [6, 6.07) is 6.75. The molecule has 1 aliphatic heterocycles. The Balaban J connectivity index is 2.11. The number of hydrogen-bond acceptors (Lipinski definition) is 2. The average molecular weight is 211 g/mol. The van der Waals surface area contributed by atoms with Crippen molar-refractivity contribution in [1.82, 2.24) is 5.32 Å². The van der Waals surface area contributed by atoms with E-state index >= 15 is 0 Å². The van der Waals surface area contributed by atoms with E-state index in [-0.39, 0.29) is 0 Å². The van der Waals surface area contributed by atoms with Crippen LogP contribution in [0.2, 0.25) is 5.02 Å². The molecule has 1 unspecified atom stereocenters. The summed E-state index contributed by atoms with van der Waals surface area (Å²) in [5, 5.41) is 4.01. The summed E-state index contributed by atoms with van der Waals surface area (Å²) < 4.78 is 0. The predicted molar refractivity (Wildman–Crippen MR) is 61.2 cm³/mol. The van der Waals surface area contributed by atoms with Gasteiger partial charge in [-0.3, -0.25) is 0 Å². The number of nitrogens with one attached hydrogen (secondary N) is 1. The minimum absolute atomic E-state index is 0.667. The Morgan fingerprint density at radius 2 is 2.36 bits per heavy atom. The highest BCUT2D eigenvalue weighted by molar-refractivity contribution is 6.30. The number of halogens is 1. The molecule has 1 N–H and O–H groups in total. The van der Waals surface area contributed by atoms with Crippen LogP contribution >= 0.6 is 11.6 Å². The molecule has 0 radical (unpaired) electrons. The molecule has 1 heterocycles. The van der Waals surface area contributed by atoms with Crippen molar-refractivity contribution < 1.29 is 0 Å². The number of aryl methyl sites for hydroxylation is 1. The lowest BCUT2D eigenvalue weighted by molar-refractivity contribution is 0.790. The van der Waals surface area contributed by atoms with Gasteiger partial charge >= 0.3 is 0 Å². The maximum atomic E-state index is 5.91. The van der Waals surface area contributed by atoms with Crippen LogP contribution in [-0.4, -0.2) is 26.2 Å². The van der Waals surface area contributed by atoms with Crippen LogP contribution < -0.4 is 10.2 Å². The molecule has 0 saturated carbocycles. The van der Waals surface area contributed by atoms with E-state index in [9.17, 15) is 0 Å². The quantitative estimate of drug-likeness (QED) is 0.769. The van der Waals surface area contributed by atoms with Crippen LogP contribution in [0.1, 0.15) is 5.56 Å². The minimum Gasteiger partial charge on any atom is -0.363 e. The van der Waals surface area contributed by atoms with Crippen molar-refractivity contribution in [2.75, 3.05) is 25.0 Å². The lowest BCUT2D eigenvalue weighted by Crippen LogP contribution is -2.17. The van der Waals surface area contributed by atoms with Crippen LogP contribution in [0.4, 0.5) is 5.69 Å². The SMILES string of the molecule is CNCC1CN1c1ccc(Cl)cc1C. The van der Waals surface area contributed by atoms with E-state index in [4.69, 9.17) is 11.6 Å². The molecular weight excluding hydrogens is 196 g/mol. The predicted octanol–water partition coefficient (Wildman–Crippen LogP) is 2.06. The summed E-state index contributed by atoms with van der Waals surface area (Å²) in [4.78, 5) is 2.39. The highest BCUT2D eigenvalue weighted by Gasteiger charge is 2.33. The number of rotatable bonds is 3. The molecule has 2 nitrogen and oxygen atoms in total. The van der Waals surface area contributed by atoms with Gasteiger partial charge in [-0.25, -0.2) is 0 Å². The topological polar surface area (TPSA) is 15.0 Å². The second-order valence-electron chi connectivity index (χ2n) is 3.79. The Kier molecular flexibility index (Phi) is 2.66. The molecule has 1 aliphatic rings. The van der Waals surface area contributed by atoms with Crippen molar-refractivity contribution in [2.45, 2.75) is 13.0 Å². The molecule has 3 heteroatoms. The Morgan fingerprint density at radius 1 is 1.57 bits per heavy atom. The highest BCUT2D eigenvalue weighted by Crippen LogP contribution is 2.31. The number of likely N-dealkylation sites (N-methyl/N-ethyl adjacent to an activating group) is 1. The molecule has 0 bridgehead atoms. The fourth-order valence-electron chi connectivity index (χ4n) is 1.83. The lowest BCUT2D eigenvalue weighted by atomic mass is 10.2. The third-order valence-corrected chi connectivity index (χ3v) is 2.86. The van der Waals surface area contributed by atoms with Gasteiger partial charge in [0.2, 0.25) is 0 Å². The number of benzene rings is 1. The van der Waals surface area contributed by atoms with Crippen LogP contribution in [0.15, 0.2) is 18.2 Å². The zero-order valence-electron chi connectivity index (χ0n) is 8.55. The van der Waals surface area contributed by atoms with Gasteiger partial charge in [0.05, 0.1) is 6.04 Å². The first-order chi connectivity index (χ1) is 6.72. The molecule has 0 aromatic heterocycles. The second kappa shape index (κ2) is 3.79. The molecule has 0 spiro atoms. The van der Waals surface area contributed by atoms with E-state index < -0.39 is 0 Å². The van der Waals surface area contributed by atoms with Crippen LogP contribution in [0.5, 0.6) is 0 Å². The van der Waals surface area contributed by atoms with Gasteiger partial charge in [0.1, 0.15) is 0 Å². The molecule has 1 atom stereocenters. The van der Waals surface area contributed by atoms with Crippen LogP contribution in [0.3, 0.4) is 0 Å². The normalized spacial score (nSPS) is 19.9. The van der Waals surface area contributed by atoms with Crippen molar-refractivity contribution in [3.05, 3.63) is 28.8 Å². The van der Waals surface area contributed by atoms with Gasteiger partial charge in [0.15, 0.2) is 0 Å². The van der Waals surface area contributed by atoms with E-state index in [2.05, 4.69) is 23.2 Å². The van der Waals surface area contributed by atoms with Crippen molar-refractivity contribution >= 4 is 17.3 Å². The number of nitrogens with zero attached hydrogens (tertiary/aromatic N) is 1.